The number of fused-ring (bicyclic) bond motifs is 1. The maximum atomic E-state index is 13.8. The molecule has 3 atom stereocenters. The quantitative estimate of drug-likeness (QED) is 0.107. The van der Waals surface area contributed by atoms with Gasteiger partial charge in [-0.05, 0) is 30.3 Å². The molecule has 0 bridgehead atoms. The van der Waals surface area contributed by atoms with Gasteiger partial charge in [0.2, 0.25) is 11.9 Å². The molecule has 0 amide bonds. The third kappa shape index (κ3) is 7.53. The van der Waals surface area contributed by atoms with Crippen molar-refractivity contribution >= 4 is 46.9 Å². The Morgan fingerprint density at radius 3 is 2.02 bits per heavy atom. The summed E-state index contributed by atoms with van der Waals surface area (Å²) in [6, 6.07) is 21.6. The number of carboxylic acid groups (broad SMARTS) is 2. The zero-order valence-electron chi connectivity index (χ0n) is 24.1. The van der Waals surface area contributed by atoms with Crippen molar-refractivity contribution in [1.82, 2.24) is 0 Å². The molecule has 0 fully saturated rings. The molecule has 0 radical (unpaired) electrons. The van der Waals surface area contributed by atoms with Gasteiger partial charge in [-0.15, -0.1) is 0 Å². The van der Waals surface area contributed by atoms with Crippen molar-refractivity contribution in [3.63, 3.8) is 0 Å². The summed E-state index contributed by atoms with van der Waals surface area (Å²) in [5.74, 6) is -6.49. The highest BCUT2D eigenvalue weighted by Gasteiger charge is 2.59. The zero-order valence-corrected chi connectivity index (χ0v) is 25.7. The number of aliphatic carboxylic acids is 2. The van der Waals surface area contributed by atoms with Crippen LogP contribution in [0.5, 0.6) is 11.5 Å². The predicted molar refractivity (Wildman–Crippen MR) is 167 cm³/mol. The fourth-order valence-corrected chi connectivity index (χ4v) is 5.08. The van der Waals surface area contributed by atoms with Crippen LogP contribution in [0.1, 0.15) is 20.7 Å². The van der Waals surface area contributed by atoms with E-state index in [2.05, 4.69) is 0 Å². The standard InChI is InChI=1S/C18H14O8.C15H12Cl2FNO2/c19-13(11-7-3-1-4-8-11)18(17(24)25,14(20)15(21)22)26-16(23)12-9-5-2-6-10-12;16-11-2-1-3-12(17)14(11)10-4-8(18)5-13-15(10)21-9(6-19)7-20-13/h1-10,14,20H,(H,21,22)(H,24,25);1-5,9H,6-7,19H2/t14-,18+;9-/m10/s1. The highest BCUT2D eigenvalue weighted by Crippen LogP contribution is 2.46. The molecule has 0 unspecified atom stereocenters. The maximum Gasteiger partial charge on any atom is 0.360 e. The van der Waals surface area contributed by atoms with E-state index in [1.807, 2.05) is 0 Å². The number of esters is 1. The summed E-state index contributed by atoms with van der Waals surface area (Å²) in [5, 5.41) is 29.4. The number of carbonyl (C=O) groups is 4. The van der Waals surface area contributed by atoms with Crippen molar-refractivity contribution in [3.05, 3.63) is 118 Å². The van der Waals surface area contributed by atoms with Crippen LogP contribution in [0.25, 0.3) is 11.1 Å². The topological polar surface area (TPSA) is 183 Å². The highest BCUT2D eigenvalue weighted by atomic mass is 35.5. The van der Waals surface area contributed by atoms with E-state index in [1.54, 1.807) is 30.3 Å². The molecule has 1 aliphatic heterocycles. The molecule has 0 saturated carbocycles. The van der Waals surface area contributed by atoms with E-state index < -0.39 is 41.2 Å². The first-order chi connectivity index (χ1) is 22.4. The van der Waals surface area contributed by atoms with Crippen LogP contribution in [0.4, 0.5) is 4.39 Å². The third-order valence-corrected chi connectivity index (χ3v) is 7.43. The maximum absolute atomic E-state index is 13.8. The number of Topliss-reactive ketones (excluding diaryl/α,β-unsaturated/α-hetero) is 1. The van der Waals surface area contributed by atoms with Gasteiger partial charge in [-0.2, -0.15) is 0 Å². The van der Waals surface area contributed by atoms with Gasteiger partial charge in [-0.1, -0.05) is 77.8 Å². The molecule has 244 valence electrons. The summed E-state index contributed by atoms with van der Waals surface area (Å²) < 4.78 is 30.0. The number of rotatable bonds is 9. The van der Waals surface area contributed by atoms with Gasteiger partial charge < -0.3 is 35.3 Å². The van der Waals surface area contributed by atoms with E-state index in [-0.39, 0.29) is 23.8 Å². The van der Waals surface area contributed by atoms with Gasteiger partial charge >= 0.3 is 23.5 Å². The second-order valence-corrected chi connectivity index (χ2v) is 10.7. The van der Waals surface area contributed by atoms with Crippen molar-refractivity contribution in [2.75, 3.05) is 13.2 Å². The first-order valence-corrected chi connectivity index (χ1v) is 14.5. The average molecular weight is 686 g/mol. The molecular weight excluding hydrogens is 660 g/mol. The van der Waals surface area contributed by atoms with Crippen molar-refractivity contribution in [2.24, 2.45) is 5.73 Å². The van der Waals surface area contributed by atoms with E-state index in [0.29, 0.717) is 39.2 Å². The number of nitrogens with two attached hydrogens (primary N) is 1. The van der Waals surface area contributed by atoms with Crippen molar-refractivity contribution in [2.45, 2.75) is 17.8 Å². The van der Waals surface area contributed by atoms with Crippen molar-refractivity contribution < 1.29 is 53.1 Å². The Labute approximate surface area is 276 Å². The predicted octanol–water partition coefficient (Wildman–Crippen LogP) is 4.89. The van der Waals surface area contributed by atoms with Gasteiger partial charge in [0.05, 0.1) is 15.6 Å². The average Bonchev–Trinajstić information content (AvgIpc) is 3.07. The van der Waals surface area contributed by atoms with Gasteiger partial charge in [0.15, 0.2) is 11.5 Å². The molecule has 1 aliphatic rings. The van der Waals surface area contributed by atoms with Gasteiger partial charge in [-0.25, -0.2) is 18.8 Å². The van der Waals surface area contributed by atoms with Crippen molar-refractivity contribution in [3.8, 4) is 22.6 Å². The number of ether oxygens (including phenoxy) is 3. The first kappa shape index (κ1) is 34.9. The number of benzene rings is 4. The fraction of sp³-hybridized carbons (Fsp3) is 0.152. The molecule has 11 nitrogen and oxygen atoms in total. The van der Waals surface area contributed by atoms with Crippen LogP contribution < -0.4 is 15.2 Å². The minimum absolute atomic E-state index is 0.114. The first-order valence-electron chi connectivity index (χ1n) is 13.7. The van der Waals surface area contributed by atoms with Crippen LogP contribution in [0, 0.1) is 5.82 Å². The number of hydrogen-bond acceptors (Lipinski definition) is 9. The van der Waals surface area contributed by atoms with E-state index in [4.69, 9.17) is 48.3 Å². The summed E-state index contributed by atoms with van der Waals surface area (Å²) in [6.45, 7) is 0.579. The second kappa shape index (κ2) is 15.1. The van der Waals surface area contributed by atoms with Crippen LogP contribution in [-0.4, -0.2) is 70.0 Å². The van der Waals surface area contributed by atoms with E-state index in [9.17, 15) is 33.8 Å². The minimum atomic E-state index is -3.35. The van der Waals surface area contributed by atoms with Crippen LogP contribution in [0.3, 0.4) is 0 Å². The number of aliphatic hydroxyl groups is 1. The Balaban J connectivity index is 0.000000217. The summed E-state index contributed by atoms with van der Waals surface area (Å²) in [6.07, 6.45) is -3.11. The Hall–Kier alpha value is -5.01. The number of carbonyl (C=O) groups excluding carboxylic acids is 2. The molecule has 4 aromatic carbocycles. The SMILES string of the molecule is NC[C@H]1COc2cc(F)cc(-c3c(Cl)cccc3Cl)c2O1.O=C(O[C@@](C(=O)O)(C(=O)c1ccccc1)[C@H](O)C(=O)O)c1ccccc1. The number of aliphatic hydroxyl groups excluding tert-OH is 1. The molecule has 0 spiro atoms. The highest BCUT2D eigenvalue weighted by molar-refractivity contribution is 6.39. The number of carboxylic acids is 2. The Morgan fingerprint density at radius 1 is 0.915 bits per heavy atom. The van der Waals surface area contributed by atoms with Gasteiger partial charge in [0, 0.05) is 29.3 Å². The molecular formula is C33H26Cl2FNO10. The minimum Gasteiger partial charge on any atom is -0.486 e. The van der Waals surface area contributed by atoms with Gasteiger partial charge in [0.1, 0.15) is 18.5 Å². The molecule has 4 aromatic rings. The Bertz CT molecular complexity index is 1770. The van der Waals surface area contributed by atoms with Gasteiger partial charge in [-0.3, -0.25) is 4.79 Å². The molecule has 5 rings (SSSR count). The lowest BCUT2D eigenvalue weighted by Gasteiger charge is -2.30. The van der Waals surface area contributed by atoms with Crippen LogP contribution >= 0.6 is 23.2 Å². The summed E-state index contributed by atoms with van der Waals surface area (Å²) in [7, 11) is 0. The number of ketones is 1. The summed E-state index contributed by atoms with van der Waals surface area (Å²) in [5.41, 5.74) is 2.88. The van der Waals surface area contributed by atoms with Crippen LogP contribution in [0.15, 0.2) is 91.0 Å². The largest absolute Gasteiger partial charge is 0.486 e. The van der Waals surface area contributed by atoms with Crippen LogP contribution in [-0.2, 0) is 14.3 Å². The van der Waals surface area contributed by atoms with E-state index in [0.717, 1.165) is 0 Å². The molecule has 0 aromatic heterocycles. The monoisotopic (exact) mass is 685 g/mol. The number of hydrogen-bond donors (Lipinski definition) is 4. The third-order valence-electron chi connectivity index (χ3n) is 6.80. The smallest absolute Gasteiger partial charge is 0.360 e. The van der Waals surface area contributed by atoms with E-state index in [1.165, 1.54) is 60.7 Å². The number of halogens is 3. The molecule has 5 N–H and O–H groups in total. The van der Waals surface area contributed by atoms with Crippen LogP contribution in [0.2, 0.25) is 10.0 Å². The van der Waals surface area contributed by atoms with E-state index >= 15 is 0 Å². The normalized spacial score (nSPS) is 15.2. The fourth-order valence-electron chi connectivity index (χ4n) is 4.48. The zero-order chi connectivity index (χ0) is 34.3. The summed E-state index contributed by atoms with van der Waals surface area (Å²) >= 11 is 12.4. The Morgan fingerprint density at radius 2 is 1.49 bits per heavy atom. The second-order valence-electron chi connectivity index (χ2n) is 9.90. The lowest BCUT2D eigenvalue weighted by atomic mass is 9.87. The Kier molecular flexibility index (Phi) is 11.2. The molecule has 0 saturated heterocycles. The lowest BCUT2D eigenvalue weighted by Crippen LogP contribution is -2.61. The summed E-state index contributed by atoms with van der Waals surface area (Å²) in [4.78, 5) is 48.1. The van der Waals surface area contributed by atoms with Crippen molar-refractivity contribution in [1.29, 1.82) is 0 Å². The lowest BCUT2D eigenvalue weighted by molar-refractivity contribution is -0.176. The molecule has 14 heteroatoms. The molecule has 1 heterocycles. The molecule has 0 aliphatic carbocycles. The molecule has 47 heavy (non-hydrogen) atoms. The van der Waals surface area contributed by atoms with Gasteiger partial charge in [0.25, 0.3) is 0 Å².